The van der Waals surface area contributed by atoms with Gasteiger partial charge in [-0.1, -0.05) is 54.2 Å². The highest BCUT2D eigenvalue weighted by Crippen LogP contribution is 2.28. The molecule has 1 heterocycles. The standard InChI is InChI=1S/C20H20N2OS3/c1-22(12-15-8-10-17(24-2)11-9-15)19(23)14-26-20-21-18(13-25-20)16-6-4-3-5-7-16/h3-11,13H,12,14H2,1-2H3. The van der Waals surface area contributed by atoms with E-state index in [1.165, 1.54) is 16.7 Å². The Bertz CT molecular complexity index is 847. The number of rotatable bonds is 7. The van der Waals surface area contributed by atoms with Gasteiger partial charge >= 0.3 is 0 Å². The lowest BCUT2D eigenvalue weighted by atomic mass is 10.2. The van der Waals surface area contributed by atoms with E-state index in [0.717, 1.165) is 21.2 Å². The first-order valence-electron chi connectivity index (χ1n) is 8.16. The van der Waals surface area contributed by atoms with E-state index < -0.39 is 0 Å². The van der Waals surface area contributed by atoms with Crippen LogP contribution in [0.2, 0.25) is 0 Å². The van der Waals surface area contributed by atoms with Gasteiger partial charge in [-0.15, -0.1) is 23.1 Å². The molecule has 134 valence electrons. The summed E-state index contributed by atoms with van der Waals surface area (Å²) in [6, 6.07) is 18.4. The first-order chi connectivity index (χ1) is 12.7. The zero-order valence-electron chi connectivity index (χ0n) is 14.7. The van der Waals surface area contributed by atoms with Crippen molar-refractivity contribution in [1.29, 1.82) is 0 Å². The molecule has 0 N–H and O–H groups in total. The highest BCUT2D eigenvalue weighted by Gasteiger charge is 2.12. The van der Waals surface area contributed by atoms with Gasteiger partial charge in [0.2, 0.25) is 5.91 Å². The molecular weight excluding hydrogens is 380 g/mol. The monoisotopic (exact) mass is 400 g/mol. The van der Waals surface area contributed by atoms with Gasteiger partial charge in [-0.25, -0.2) is 4.98 Å². The summed E-state index contributed by atoms with van der Waals surface area (Å²) in [7, 11) is 1.85. The number of amides is 1. The first kappa shape index (κ1) is 19.0. The number of carbonyl (C=O) groups excluding carboxylic acids is 1. The van der Waals surface area contributed by atoms with E-state index >= 15 is 0 Å². The number of aromatic nitrogens is 1. The zero-order chi connectivity index (χ0) is 18.4. The Labute approximate surface area is 166 Å². The molecular formula is C20H20N2OS3. The lowest BCUT2D eigenvalue weighted by molar-refractivity contribution is -0.127. The summed E-state index contributed by atoms with van der Waals surface area (Å²) < 4.78 is 0.926. The molecule has 0 aliphatic carbocycles. The van der Waals surface area contributed by atoms with E-state index in [4.69, 9.17) is 0 Å². The van der Waals surface area contributed by atoms with Crippen molar-refractivity contribution in [2.45, 2.75) is 15.8 Å². The van der Waals surface area contributed by atoms with Gasteiger partial charge in [-0.3, -0.25) is 4.79 Å². The Kier molecular flexibility index (Phi) is 6.77. The first-order valence-corrected chi connectivity index (χ1v) is 11.3. The summed E-state index contributed by atoms with van der Waals surface area (Å²) >= 11 is 4.81. The molecule has 0 unspecified atom stereocenters. The molecule has 0 fully saturated rings. The lowest BCUT2D eigenvalue weighted by Crippen LogP contribution is -2.27. The minimum absolute atomic E-state index is 0.111. The Morgan fingerprint density at radius 1 is 1.12 bits per heavy atom. The molecule has 3 nitrogen and oxygen atoms in total. The van der Waals surface area contributed by atoms with E-state index in [9.17, 15) is 4.79 Å². The van der Waals surface area contributed by atoms with Gasteiger partial charge in [-0.05, 0) is 24.0 Å². The van der Waals surface area contributed by atoms with Gasteiger partial charge in [0.05, 0.1) is 11.4 Å². The number of nitrogens with zero attached hydrogens (tertiary/aromatic N) is 2. The largest absolute Gasteiger partial charge is 0.341 e. The third-order valence-electron chi connectivity index (χ3n) is 3.88. The number of carbonyl (C=O) groups is 1. The molecule has 0 bridgehead atoms. The number of thioether (sulfide) groups is 2. The van der Waals surface area contributed by atoms with Crippen molar-refractivity contribution in [3.63, 3.8) is 0 Å². The SMILES string of the molecule is CSc1ccc(CN(C)C(=O)CSc2nc(-c3ccccc3)cs2)cc1. The molecule has 0 radical (unpaired) electrons. The van der Waals surface area contributed by atoms with Gasteiger partial charge in [0, 0.05) is 29.4 Å². The summed E-state index contributed by atoms with van der Waals surface area (Å²) in [5.74, 6) is 0.515. The topological polar surface area (TPSA) is 33.2 Å². The van der Waals surface area contributed by atoms with Crippen LogP contribution in [0.25, 0.3) is 11.3 Å². The predicted octanol–water partition coefficient (Wildman–Crippen LogP) is 5.28. The summed E-state index contributed by atoms with van der Waals surface area (Å²) in [4.78, 5) is 20.0. The molecule has 3 rings (SSSR count). The van der Waals surface area contributed by atoms with E-state index in [2.05, 4.69) is 35.5 Å². The second-order valence-electron chi connectivity index (χ2n) is 5.75. The lowest BCUT2D eigenvalue weighted by Gasteiger charge is -2.17. The Morgan fingerprint density at radius 2 is 1.85 bits per heavy atom. The van der Waals surface area contributed by atoms with Crippen molar-refractivity contribution in [1.82, 2.24) is 9.88 Å². The predicted molar refractivity (Wildman–Crippen MR) is 113 cm³/mol. The molecule has 0 aliphatic rings. The molecule has 26 heavy (non-hydrogen) atoms. The molecule has 0 spiro atoms. The number of thiazole rings is 1. The Balaban J connectivity index is 1.52. The van der Waals surface area contributed by atoms with Crippen molar-refractivity contribution in [2.75, 3.05) is 19.1 Å². The second kappa shape index (κ2) is 9.26. The van der Waals surface area contributed by atoms with E-state index in [1.54, 1.807) is 28.0 Å². The van der Waals surface area contributed by atoms with Crippen molar-refractivity contribution >= 4 is 40.8 Å². The second-order valence-corrected chi connectivity index (χ2v) is 8.71. The Morgan fingerprint density at radius 3 is 2.54 bits per heavy atom. The van der Waals surface area contributed by atoms with Crippen molar-refractivity contribution in [3.8, 4) is 11.3 Å². The van der Waals surface area contributed by atoms with Crippen LogP contribution in [0, 0.1) is 0 Å². The van der Waals surface area contributed by atoms with Crippen LogP contribution in [-0.2, 0) is 11.3 Å². The van der Waals surface area contributed by atoms with E-state index in [-0.39, 0.29) is 5.91 Å². The molecule has 6 heteroatoms. The Hall–Kier alpha value is -1.76. The van der Waals surface area contributed by atoms with Crippen LogP contribution in [0.5, 0.6) is 0 Å². The van der Waals surface area contributed by atoms with Crippen LogP contribution < -0.4 is 0 Å². The molecule has 0 saturated carbocycles. The average Bonchev–Trinajstić information content (AvgIpc) is 3.16. The fourth-order valence-corrected chi connectivity index (χ4v) is 4.58. The normalized spacial score (nSPS) is 10.7. The summed E-state index contributed by atoms with van der Waals surface area (Å²) in [5, 5.41) is 2.04. The van der Waals surface area contributed by atoms with Crippen molar-refractivity contribution in [2.24, 2.45) is 0 Å². The fraction of sp³-hybridized carbons (Fsp3) is 0.200. The maximum Gasteiger partial charge on any atom is 0.233 e. The van der Waals surface area contributed by atoms with Crippen molar-refractivity contribution < 1.29 is 4.79 Å². The molecule has 0 atom stereocenters. The van der Waals surface area contributed by atoms with Gasteiger partial charge < -0.3 is 4.90 Å². The zero-order valence-corrected chi connectivity index (χ0v) is 17.2. The van der Waals surface area contributed by atoms with Crippen LogP contribution in [0.15, 0.2) is 69.2 Å². The highest BCUT2D eigenvalue weighted by atomic mass is 32.2. The van der Waals surface area contributed by atoms with Crippen LogP contribution in [-0.4, -0.2) is 34.8 Å². The fourth-order valence-electron chi connectivity index (χ4n) is 2.39. The molecule has 1 amide bonds. The minimum Gasteiger partial charge on any atom is -0.341 e. The van der Waals surface area contributed by atoms with Gasteiger partial charge in [0.25, 0.3) is 0 Å². The van der Waals surface area contributed by atoms with Crippen LogP contribution in [0.1, 0.15) is 5.56 Å². The highest BCUT2D eigenvalue weighted by molar-refractivity contribution is 8.01. The average molecular weight is 401 g/mol. The molecule has 1 aromatic heterocycles. The van der Waals surface area contributed by atoms with E-state index in [1.807, 2.05) is 42.8 Å². The van der Waals surface area contributed by atoms with Crippen LogP contribution >= 0.6 is 34.9 Å². The molecule has 3 aromatic rings. The minimum atomic E-state index is 0.111. The molecule has 0 aliphatic heterocycles. The van der Waals surface area contributed by atoms with Gasteiger partial charge in [-0.2, -0.15) is 0 Å². The van der Waals surface area contributed by atoms with Crippen LogP contribution in [0.4, 0.5) is 0 Å². The smallest absolute Gasteiger partial charge is 0.233 e. The third kappa shape index (κ3) is 5.13. The summed E-state index contributed by atoms with van der Waals surface area (Å²) in [6.45, 7) is 0.626. The number of hydrogen-bond donors (Lipinski definition) is 0. The molecule has 0 saturated heterocycles. The van der Waals surface area contributed by atoms with Crippen molar-refractivity contribution in [3.05, 3.63) is 65.5 Å². The van der Waals surface area contributed by atoms with E-state index in [0.29, 0.717) is 12.3 Å². The number of hydrogen-bond acceptors (Lipinski definition) is 5. The summed E-state index contributed by atoms with van der Waals surface area (Å²) in [6.07, 6.45) is 2.06. The molecule has 2 aromatic carbocycles. The maximum absolute atomic E-state index is 12.4. The van der Waals surface area contributed by atoms with Gasteiger partial charge in [0.15, 0.2) is 4.34 Å². The number of benzene rings is 2. The third-order valence-corrected chi connectivity index (χ3v) is 6.63. The van der Waals surface area contributed by atoms with Gasteiger partial charge in [0.1, 0.15) is 0 Å². The van der Waals surface area contributed by atoms with Crippen LogP contribution in [0.3, 0.4) is 0 Å². The summed E-state index contributed by atoms with van der Waals surface area (Å²) in [5.41, 5.74) is 3.21. The maximum atomic E-state index is 12.4. The quantitative estimate of drug-likeness (QED) is 0.505.